The summed E-state index contributed by atoms with van der Waals surface area (Å²) in [6.07, 6.45) is 3.91. The molecule has 0 aromatic carbocycles. The van der Waals surface area contributed by atoms with E-state index in [-0.39, 0.29) is 5.92 Å². The third kappa shape index (κ3) is 3.12. The summed E-state index contributed by atoms with van der Waals surface area (Å²) in [6.45, 7) is 5.22. The molecule has 0 aliphatic carbocycles. The van der Waals surface area contributed by atoms with Gasteiger partial charge in [0, 0.05) is 17.5 Å². The normalized spacial score (nSPS) is 15.9. The third-order valence-corrected chi connectivity index (χ3v) is 4.55. The number of aromatic nitrogens is 1. The van der Waals surface area contributed by atoms with Crippen LogP contribution in [0.2, 0.25) is 0 Å². The van der Waals surface area contributed by atoms with Crippen LogP contribution < -0.4 is 5.14 Å². The summed E-state index contributed by atoms with van der Waals surface area (Å²) in [5.74, 6) is -0.197. The van der Waals surface area contributed by atoms with Crippen molar-refractivity contribution < 1.29 is 8.42 Å². The molecule has 0 radical (unpaired) electrons. The van der Waals surface area contributed by atoms with Crippen LogP contribution in [0.4, 0.5) is 0 Å². The van der Waals surface area contributed by atoms with Gasteiger partial charge in [-0.05, 0) is 13.3 Å². The molecule has 0 bridgehead atoms. The molecule has 6 heteroatoms. The first-order valence-corrected chi connectivity index (χ1v) is 6.97. The molecular weight excluding hydrogens is 232 g/mol. The third-order valence-electron chi connectivity index (χ3n) is 2.27. The summed E-state index contributed by atoms with van der Waals surface area (Å²) in [7, 11) is -3.53. The van der Waals surface area contributed by atoms with E-state index < -0.39 is 15.3 Å². The van der Waals surface area contributed by atoms with E-state index in [0.717, 1.165) is 5.01 Å². The van der Waals surface area contributed by atoms with E-state index in [1.165, 1.54) is 11.3 Å². The van der Waals surface area contributed by atoms with Gasteiger partial charge in [0.1, 0.15) is 0 Å². The van der Waals surface area contributed by atoms with E-state index in [2.05, 4.69) is 11.6 Å². The molecule has 1 aromatic heterocycles. The Morgan fingerprint density at radius 2 is 2.40 bits per heavy atom. The molecular formula is C9H14N2O2S2. The Morgan fingerprint density at radius 3 is 2.80 bits per heavy atom. The Kier molecular flexibility index (Phi) is 4.01. The van der Waals surface area contributed by atoms with Crippen molar-refractivity contribution in [3.8, 4) is 0 Å². The van der Waals surface area contributed by atoms with Gasteiger partial charge in [0.2, 0.25) is 10.0 Å². The second kappa shape index (κ2) is 4.87. The van der Waals surface area contributed by atoms with Gasteiger partial charge in [-0.1, -0.05) is 6.08 Å². The molecule has 84 valence electrons. The van der Waals surface area contributed by atoms with Crippen molar-refractivity contribution >= 4 is 21.4 Å². The van der Waals surface area contributed by atoms with Gasteiger partial charge in [-0.15, -0.1) is 17.9 Å². The zero-order chi connectivity index (χ0) is 11.5. The highest BCUT2D eigenvalue weighted by Crippen LogP contribution is 2.28. The minimum absolute atomic E-state index is 0.197. The number of thiazole rings is 1. The molecule has 15 heavy (non-hydrogen) atoms. The number of nitrogens with two attached hydrogens (primary N) is 1. The predicted molar refractivity (Wildman–Crippen MR) is 62.2 cm³/mol. The predicted octanol–water partition coefficient (Wildman–Crippen LogP) is 1.48. The molecule has 1 heterocycles. The van der Waals surface area contributed by atoms with Crippen molar-refractivity contribution in [1.29, 1.82) is 0 Å². The maximum Gasteiger partial charge on any atom is 0.212 e. The standard InChI is InChI=1S/C9H14N2O2S2/c1-3-4-8(7(2)15(10,12)13)9-11-5-6-14-9/h3,5-8H,1,4H2,2H3,(H2,10,12,13)/t7-,8?/m1/s1. The van der Waals surface area contributed by atoms with Gasteiger partial charge in [0.15, 0.2) is 0 Å². The topological polar surface area (TPSA) is 73.0 Å². The molecule has 1 aromatic rings. The second-order valence-corrected chi connectivity index (χ2v) is 6.14. The lowest BCUT2D eigenvalue weighted by molar-refractivity contribution is 0.562. The molecule has 2 atom stereocenters. The Morgan fingerprint density at radius 1 is 1.73 bits per heavy atom. The monoisotopic (exact) mass is 246 g/mol. The van der Waals surface area contributed by atoms with Crippen LogP contribution in [-0.4, -0.2) is 18.7 Å². The fraction of sp³-hybridized carbons (Fsp3) is 0.444. The van der Waals surface area contributed by atoms with Crippen molar-refractivity contribution in [2.24, 2.45) is 5.14 Å². The quantitative estimate of drug-likeness (QED) is 0.800. The highest BCUT2D eigenvalue weighted by atomic mass is 32.2. The summed E-state index contributed by atoms with van der Waals surface area (Å²) in [4.78, 5) is 4.12. The minimum atomic E-state index is -3.53. The lowest BCUT2D eigenvalue weighted by Crippen LogP contribution is -2.31. The second-order valence-electron chi connectivity index (χ2n) is 3.30. The SMILES string of the molecule is C=CCC(c1nccs1)[C@@H](C)S(N)(=O)=O. The van der Waals surface area contributed by atoms with E-state index in [9.17, 15) is 8.42 Å². The summed E-state index contributed by atoms with van der Waals surface area (Å²) in [5, 5.41) is 7.10. The first kappa shape index (κ1) is 12.4. The van der Waals surface area contributed by atoms with Gasteiger partial charge < -0.3 is 0 Å². The molecule has 0 spiro atoms. The Balaban J connectivity index is 2.98. The smallest absolute Gasteiger partial charge is 0.212 e. The molecule has 0 saturated heterocycles. The van der Waals surface area contributed by atoms with Crippen molar-refractivity contribution in [2.45, 2.75) is 24.5 Å². The molecule has 0 fully saturated rings. The average molecular weight is 246 g/mol. The van der Waals surface area contributed by atoms with Crippen LogP contribution in [0.1, 0.15) is 24.3 Å². The van der Waals surface area contributed by atoms with E-state index in [1.54, 1.807) is 19.2 Å². The van der Waals surface area contributed by atoms with Gasteiger partial charge in [0.25, 0.3) is 0 Å². The Bertz CT molecular complexity index is 411. The number of hydrogen-bond donors (Lipinski definition) is 1. The Hall–Kier alpha value is -0.720. The molecule has 1 rings (SSSR count). The summed E-state index contributed by atoms with van der Waals surface area (Å²) < 4.78 is 22.5. The fourth-order valence-corrected chi connectivity index (χ4v) is 2.96. The summed E-state index contributed by atoms with van der Waals surface area (Å²) >= 11 is 1.44. The highest BCUT2D eigenvalue weighted by Gasteiger charge is 2.28. The maximum absolute atomic E-state index is 11.3. The Labute approximate surface area is 93.9 Å². The van der Waals surface area contributed by atoms with Crippen LogP contribution in [-0.2, 0) is 10.0 Å². The first-order chi connectivity index (χ1) is 6.96. The van der Waals surface area contributed by atoms with E-state index >= 15 is 0 Å². The summed E-state index contributed by atoms with van der Waals surface area (Å²) in [6, 6.07) is 0. The van der Waals surface area contributed by atoms with Gasteiger partial charge >= 0.3 is 0 Å². The fourth-order valence-electron chi connectivity index (χ4n) is 1.32. The van der Waals surface area contributed by atoms with Gasteiger partial charge in [0.05, 0.1) is 10.3 Å². The van der Waals surface area contributed by atoms with Gasteiger partial charge in [-0.2, -0.15) is 0 Å². The van der Waals surface area contributed by atoms with Crippen LogP contribution in [0, 0.1) is 0 Å². The average Bonchev–Trinajstić information content (AvgIpc) is 2.64. The number of allylic oxidation sites excluding steroid dienone is 1. The van der Waals surface area contributed by atoms with Crippen LogP contribution in [0.5, 0.6) is 0 Å². The van der Waals surface area contributed by atoms with E-state index in [1.807, 2.05) is 5.38 Å². The minimum Gasteiger partial charge on any atom is -0.249 e. The lowest BCUT2D eigenvalue weighted by atomic mass is 10.0. The molecule has 4 nitrogen and oxygen atoms in total. The largest absolute Gasteiger partial charge is 0.249 e. The van der Waals surface area contributed by atoms with Crippen molar-refractivity contribution in [2.75, 3.05) is 0 Å². The van der Waals surface area contributed by atoms with Crippen LogP contribution >= 0.6 is 11.3 Å². The molecule has 0 amide bonds. The number of rotatable bonds is 5. The molecule has 1 unspecified atom stereocenters. The van der Waals surface area contributed by atoms with Gasteiger partial charge in [-0.3, -0.25) is 0 Å². The number of sulfonamides is 1. The van der Waals surface area contributed by atoms with Crippen LogP contribution in [0.3, 0.4) is 0 Å². The molecule has 2 N–H and O–H groups in total. The zero-order valence-corrected chi connectivity index (χ0v) is 10.1. The maximum atomic E-state index is 11.3. The number of primary sulfonamides is 1. The number of hydrogen-bond acceptors (Lipinski definition) is 4. The van der Waals surface area contributed by atoms with Gasteiger partial charge in [-0.25, -0.2) is 18.5 Å². The first-order valence-electron chi connectivity index (χ1n) is 4.48. The van der Waals surface area contributed by atoms with E-state index in [0.29, 0.717) is 6.42 Å². The van der Waals surface area contributed by atoms with Crippen molar-refractivity contribution in [3.63, 3.8) is 0 Å². The number of nitrogens with zero attached hydrogens (tertiary/aromatic N) is 1. The van der Waals surface area contributed by atoms with Crippen molar-refractivity contribution in [3.05, 3.63) is 29.2 Å². The zero-order valence-electron chi connectivity index (χ0n) is 8.46. The molecule has 0 saturated carbocycles. The molecule has 0 aliphatic rings. The van der Waals surface area contributed by atoms with E-state index in [4.69, 9.17) is 5.14 Å². The highest BCUT2D eigenvalue weighted by molar-refractivity contribution is 7.89. The van der Waals surface area contributed by atoms with Crippen LogP contribution in [0.25, 0.3) is 0 Å². The lowest BCUT2D eigenvalue weighted by Gasteiger charge is -2.18. The molecule has 0 aliphatic heterocycles. The summed E-state index contributed by atoms with van der Waals surface area (Å²) in [5.41, 5.74) is 0. The van der Waals surface area contributed by atoms with Crippen LogP contribution in [0.15, 0.2) is 24.2 Å². The van der Waals surface area contributed by atoms with Crippen molar-refractivity contribution in [1.82, 2.24) is 4.98 Å².